The van der Waals surface area contributed by atoms with Crippen molar-refractivity contribution >= 4 is 22.6 Å². The van der Waals surface area contributed by atoms with Gasteiger partial charge in [-0.2, -0.15) is 18.3 Å². The van der Waals surface area contributed by atoms with Crippen molar-refractivity contribution in [2.45, 2.75) is 32.0 Å². The minimum atomic E-state index is -4.49. The monoisotopic (exact) mass is 428 g/mol. The van der Waals surface area contributed by atoms with Gasteiger partial charge in [-0.1, -0.05) is 6.07 Å². The smallest absolute Gasteiger partial charge is 0.340 e. The van der Waals surface area contributed by atoms with E-state index in [9.17, 15) is 18.0 Å². The summed E-state index contributed by atoms with van der Waals surface area (Å²) >= 11 is 0. The molecule has 3 heterocycles. The third-order valence-corrected chi connectivity index (χ3v) is 5.65. The second-order valence-electron chi connectivity index (χ2n) is 7.97. The number of aromatic nitrogens is 5. The lowest BCUT2D eigenvalue weighted by Gasteiger charge is -2.20. The number of rotatable bonds is 4. The van der Waals surface area contributed by atoms with Gasteiger partial charge < -0.3 is 9.88 Å². The highest BCUT2D eigenvalue weighted by atomic mass is 19.4. The summed E-state index contributed by atoms with van der Waals surface area (Å²) in [6, 6.07) is 5.65. The second kappa shape index (κ2) is 6.79. The molecular formula is C21H19F3N6O. The Kier molecular flexibility index (Phi) is 4.28. The predicted octanol–water partition coefficient (Wildman–Crippen LogP) is 3.66. The fourth-order valence-electron chi connectivity index (χ4n) is 3.82. The van der Waals surface area contributed by atoms with Crippen LogP contribution in [-0.4, -0.2) is 42.3 Å². The third-order valence-electron chi connectivity index (χ3n) is 5.65. The van der Waals surface area contributed by atoms with Crippen molar-refractivity contribution in [2.24, 2.45) is 13.0 Å². The Morgan fingerprint density at radius 1 is 1.26 bits per heavy atom. The number of carbonyl (C=O) groups excluding carboxylic acids is 1. The van der Waals surface area contributed by atoms with Gasteiger partial charge in [-0.05, 0) is 43.9 Å². The van der Waals surface area contributed by atoms with E-state index in [0.29, 0.717) is 24.2 Å². The van der Waals surface area contributed by atoms with E-state index in [2.05, 4.69) is 20.4 Å². The second-order valence-corrected chi connectivity index (χ2v) is 7.97. The Morgan fingerprint density at radius 3 is 2.74 bits per heavy atom. The van der Waals surface area contributed by atoms with Gasteiger partial charge in [0.05, 0.1) is 29.3 Å². The first kappa shape index (κ1) is 19.5. The lowest BCUT2D eigenvalue weighted by Crippen LogP contribution is -2.46. The standard InChI is InChI=1S/C21H19F3N6O/c1-11-7-16(13-5-6-15-17(8-13)29(2)10-25-15)27-19-14(9-26-30(11)19)20(31)28-18(12-3-4-12)21(22,23)24/h5-10,12,18H,3-4H2,1-2H3,(H,28,31)/t18-/m0/s1. The van der Waals surface area contributed by atoms with Gasteiger partial charge in [0.15, 0.2) is 5.65 Å². The summed E-state index contributed by atoms with van der Waals surface area (Å²) in [5, 5.41) is 6.31. The van der Waals surface area contributed by atoms with Crippen LogP contribution in [0.4, 0.5) is 13.2 Å². The molecule has 0 aliphatic heterocycles. The topological polar surface area (TPSA) is 77.1 Å². The van der Waals surface area contributed by atoms with E-state index in [0.717, 1.165) is 16.6 Å². The zero-order chi connectivity index (χ0) is 21.9. The molecule has 1 aliphatic rings. The minimum absolute atomic E-state index is 0.0152. The molecule has 1 saturated carbocycles. The van der Waals surface area contributed by atoms with Gasteiger partial charge in [0, 0.05) is 18.3 Å². The molecule has 0 saturated heterocycles. The summed E-state index contributed by atoms with van der Waals surface area (Å²) in [5.74, 6) is -1.39. The van der Waals surface area contributed by atoms with Crippen LogP contribution in [0.1, 0.15) is 28.9 Å². The normalized spacial score (nSPS) is 15.5. The summed E-state index contributed by atoms with van der Waals surface area (Å²) in [6.07, 6.45) is -0.604. The number of aryl methyl sites for hydroxylation is 2. The number of hydrogen-bond acceptors (Lipinski definition) is 4. The molecule has 0 bridgehead atoms. The van der Waals surface area contributed by atoms with Crippen molar-refractivity contribution in [1.82, 2.24) is 29.5 Å². The summed E-state index contributed by atoms with van der Waals surface area (Å²) < 4.78 is 43.4. The summed E-state index contributed by atoms with van der Waals surface area (Å²) in [5.41, 5.74) is 4.10. The number of hydrogen-bond donors (Lipinski definition) is 1. The van der Waals surface area contributed by atoms with Crippen molar-refractivity contribution in [2.75, 3.05) is 0 Å². The Labute approximate surface area is 174 Å². The van der Waals surface area contributed by atoms with Gasteiger partial charge in [0.2, 0.25) is 0 Å². The maximum absolute atomic E-state index is 13.4. The highest BCUT2D eigenvalue weighted by Gasteiger charge is 2.49. The molecule has 1 fully saturated rings. The van der Waals surface area contributed by atoms with Gasteiger partial charge in [-0.15, -0.1) is 0 Å². The SMILES string of the molecule is Cc1cc(-c2ccc3ncn(C)c3c2)nc2c(C(=O)N[C@@H](C3CC3)C(F)(F)F)cnn12. The van der Waals surface area contributed by atoms with Gasteiger partial charge >= 0.3 is 6.18 Å². The molecule has 0 spiro atoms. The van der Waals surface area contributed by atoms with E-state index in [-0.39, 0.29) is 11.2 Å². The average molecular weight is 428 g/mol. The highest BCUT2D eigenvalue weighted by molar-refractivity contribution is 6.00. The first-order valence-electron chi connectivity index (χ1n) is 9.87. The lowest BCUT2D eigenvalue weighted by atomic mass is 10.1. The van der Waals surface area contributed by atoms with Crippen LogP contribution in [0.25, 0.3) is 27.9 Å². The number of benzene rings is 1. The van der Waals surface area contributed by atoms with Crippen LogP contribution in [0, 0.1) is 12.8 Å². The lowest BCUT2D eigenvalue weighted by molar-refractivity contribution is -0.158. The Hall–Kier alpha value is -3.43. The van der Waals surface area contributed by atoms with Gasteiger partial charge in [-0.3, -0.25) is 4.79 Å². The summed E-state index contributed by atoms with van der Waals surface area (Å²) in [4.78, 5) is 21.6. The summed E-state index contributed by atoms with van der Waals surface area (Å²) in [6.45, 7) is 1.80. The fourth-order valence-corrected chi connectivity index (χ4v) is 3.82. The van der Waals surface area contributed by atoms with E-state index < -0.39 is 24.0 Å². The Morgan fingerprint density at radius 2 is 2.03 bits per heavy atom. The first-order chi connectivity index (χ1) is 14.7. The molecule has 3 aromatic heterocycles. The number of halogens is 3. The molecule has 7 nitrogen and oxygen atoms in total. The van der Waals surface area contributed by atoms with Gasteiger partial charge in [-0.25, -0.2) is 14.5 Å². The maximum Gasteiger partial charge on any atom is 0.408 e. The van der Waals surface area contributed by atoms with Crippen LogP contribution in [0.5, 0.6) is 0 Å². The molecule has 0 radical (unpaired) electrons. The predicted molar refractivity (Wildman–Crippen MR) is 107 cm³/mol. The highest BCUT2D eigenvalue weighted by Crippen LogP contribution is 2.40. The minimum Gasteiger partial charge on any atom is -0.340 e. The van der Waals surface area contributed by atoms with Crippen molar-refractivity contribution < 1.29 is 18.0 Å². The third kappa shape index (κ3) is 3.41. The number of nitrogens with one attached hydrogen (secondary N) is 1. The molecule has 31 heavy (non-hydrogen) atoms. The Balaban J connectivity index is 1.55. The van der Waals surface area contributed by atoms with E-state index >= 15 is 0 Å². The van der Waals surface area contributed by atoms with Crippen LogP contribution >= 0.6 is 0 Å². The zero-order valence-corrected chi connectivity index (χ0v) is 16.8. The van der Waals surface area contributed by atoms with Crippen LogP contribution in [0.15, 0.2) is 36.8 Å². The number of amides is 1. The maximum atomic E-state index is 13.4. The quantitative estimate of drug-likeness (QED) is 0.538. The molecule has 10 heteroatoms. The molecule has 0 unspecified atom stereocenters. The molecule has 1 N–H and O–H groups in total. The van der Waals surface area contributed by atoms with Crippen molar-refractivity contribution in [3.63, 3.8) is 0 Å². The van der Waals surface area contributed by atoms with Crippen LogP contribution in [0.3, 0.4) is 0 Å². The molecule has 1 aromatic carbocycles. The van der Waals surface area contributed by atoms with Crippen molar-refractivity contribution in [3.8, 4) is 11.3 Å². The zero-order valence-electron chi connectivity index (χ0n) is 16.8. The molecule has 160 valence electrons. The van der Waals surface area contributed by atoms with Gasteiger partial charge in [0.1, 0.15) is 11.6 Å². The van der Waals surface area contributed by atoms with Gasteiger partial charge in [0.25, 0.3) is 5.91 Å². The number of imidazole rings is 1. The van der Waals surface area contributed by atoms with Crippen molar-refractivity contribution in [3.05, 3.63) is 48.0 Å². The molecule has 1 atom stereocenters. The molecule has 4 aromatic rings. The number of alkyl halides is 3. The first-order valence-corrected chi connectivity index (χ1v) is 9.87. The number of fused-ring (bicyclic) bond motifs is 2. The number of carbonyl (C=O) groups is 1. The van der Waals surface area contributed by atoms with E-state index in [1.807, 2.05) is 35.9 Å². The van der Waals surface area contributed by atoms with Crippen LogP contribution < -0.4 is 5.32 Å². The number of nitrogens with zero attached hydrogens (tertiary/aromatic N) is 5. The van der Waals surface area contributed by atoms with E-state index in [1.54, 1.807) is 13.3 Å². The van der Waals surface area contributed by atoms with E-state index in [4.69, 9.17) is 0 Å². The van der Waals surface area contributed by atoms with Crippen LogP contribution in [-0.2, 0) is 7.05 Å². The molecular weight excluding hydrogens is 409 g/mol. The van der Waals surface area contributed by atoms with E-state index in [1.165, 1.54) is 10.7 Å². The van der Waals surface area contributed by atoms with Crippen LogP contribution in [0.2, 0.25) is 0 Å². The Bertz CT molecular complexity index is 1320. The molecule has 1 aliphatic carbocycles. The molecule has 1 amide bonds. The largest absolute Gasteiger partial charge is 0.408 e. The molecule has 5 rings (SSSR count). The van der Waals surface area contributed by atoms with Crippen molar-refractivity contribution in [1.29, 1.82) is 0 Å². The average Bonchev–Trinajstić information content (AvgIpc) is 3.35. The summed E-state index contributed by atoms with van der Waals surface area (Å²) in [7, 11) is 1.89. The fraction of sp³-hybridized carbons (Fsp3) is 0.333.